The monoisotopic (exact) mass is 546 g/mol. The number of anilines is 1. The van der Waals surface area contributed by atoms with Gasteiger partial charge in [-0.05, 0) is 48.5 Å². The molecule has 38 heavy (non-hydrogen) atoms. The minimum atomic E-state index is -1.08. The highest BCUT2D eigenvalue weighted by Gasteiger charge is 2.18. The van der Waals surface area contributed by atoms with Crippen LogP contribution in [0.4, 0.5) is 5.69 Å². The summed E-state index contributed by atoms with van der Waals surface area (Å²) < 4.78 is 9.13. The lowest BCUT2D eigenvalue weighted by atomic mass is 10.3. The van der Waals surface area contributed by atoms with E-state index in [1.165, 1.54) is 22.1 Å². The Labute approximate surface area is 224 Å². The van der Waals surface area contributed by atoms with Crippen molar-refractivity contribution < 1.29 is 14.4 Å². The molecule has 0 unspecified atom stereocenters. The fraction of sp³-hybridized carbons (Fsp3) is 0.0385. The van der Waals surface area contributed by atoms with Crippen LogP contribution in [0.15, 0.2) is 94.6 Å². The summed E-state index contributed by atoms with van der Waals surface area (Å²) in [7, 11) is 0. The maximum absolute atomic E-state index is 11.5. The number of carboxylic acid groups (broad SMARTS) is 1. The molecule has 190 valence electrons. The molecular weight excluding hydrogens is 528 g/mol. The highest BCUT2D eigenvalue weighted by molar-refractivity contribution is 7.19. The van der Waals surface area contributed by atoms with Crippen LogP contribution in [0.5, 0.6) is 0 Å². The van der Waals surface area contributed by atoms with Crippen molar-refractivity contribution in [1.82, 2.24) is 24.3 Å². The predicted octanol–water partition coefficient (Wildman–Crippen LogP) is 4.97. The summed E-state index contributed by atoms with van der Waals surface area (Å²) in [5, 5.41) is 13.4. The largest absolute Gasteiger partial charge is 0.475 e. The average Bonchev–Trinajstić information content (AvgIpc) is 3.65. The number of nitrogens with zero attached hydrogens (tertiary/aromatic N) is 5. The molecule has 10 nitrogen and oxygen atoms in total. The van der Waals surface area contributed by atoms with Gasteiger partial charge in [0.2, 0.25) is 5.82 Å². The lowest BCUT2D eigenvalue weighted by molar-refractivity contribution is 0.0679. The Balaban J connectivity index is 0.000000179. The molecule has 6 rings (SSSR count). The molecule has 0 aliphatic carbocycles. The number of para-hydroxylation sites is 2. The molecule has 3 N–H and O–H groups in total. The Kier molecular flexibility index (Phi) is 7.03. The normalized spacial score (nSPS) is 10.8. The molecule has 0 bridgehead atoms. The number of benzene rings is 2. The highest BCUT2D eigenvalue weighted by atomic mass is 35.5. The van der Waals surface area contributed by atoms with E-state index < -0.39 is 5.97 Å². The van der Waals surface area contributed by atoms with Gasteiger partial charge < -0.3 is 19.9 Å². The van der Waals surface area contributed by atoms with E-state index in [9.17, 15) is 14.7 Å². The number of aromatic carboxylic acids is 1. The zero-order valence-corrected chi connectivity index (χ0v) is 21.1. The summed E-state index contributed by atoms with van der Waals surface area (Å²) in [6.07, 6.45) is 4.46. The first-order valence-electron chi connectivity index (χ1n) is 11.2. The molecule has 4 aromatic heterocycles. The molecule has 4 heterocycles. The van der Waals surface area contributed by atoms with Gasteiger partial charge in [0.05, 0.1) is 33.0 Å². The van der Waals surface area contributed by atoms with E-state index >= 15 is 0 Å². The summed E-state index contributed by atoms with van der Waals surface area (Å²) in [5.41, 5.74) is 8.82. The van der Waals surface area contributed by atoms with Crippen molar-refractivity contribution in [1.29, 1.82) is 0 Å². The third-order valence-corrected chi connectivity index (χ3v) is 6.68. The van der Waals surface area contributed by atoms with Gasteiger partial charge >= 0.3 is 5.97 Å². The van der Waals surface area contributed by atoms with Crippen LogP contribution in [0.3, 0.4) is 0 Å². The van der Waals surface area contributed by atoms with Crippen LogP contribution in [0.25, 0.3) is 27.4 Å². The minimum absolute atomic E-state index is 0.0279. The van der Waals surface area contributed by atoms with Crippen LogP contribution in [0.1, 0.15) is 16.3 Å². The maximum Gasteiger partial charge on any atom is 0.372 e. The van der Waals surface area contributed by atoms with Gasteiger partial charge in [0, 0.05) is 29.8 Å². The molecule has 0 spiro atoms. The molecule has 12 heteroatoms. The highest BCUT2D eigenvalue weighted by Crippen LogP contribution is 2.31. The van der Waals surface area contributed by atoms with E-state index in [-0.39, 0.29) is 17.9 Å². The van der Waals surface area contributed by atoms with E-state index in [2.05, 4.69) is 15.1 Å². The van der Waals surface area contributed by atoms with Crippen molar-refractivity contribution in [3.63, 3.8) is 0 Å². The summed E-state index contributed by atoms with van der Waals surface area (Å²) in [6, 6.07) is 19.8. The Morgan fingerprint density at radius 1 is 1.11 bits per heavy atom. The number of halogens is 1. The molecule has 0 fully saturated rings. The van der Waals surface area contributed by atoms with Crippen molar-refractivity contribution in [3.8, 4) is 16.3 Å². The lowest BCUT2D eigenvalue weighted by Gasteiger charge is -2.03. The Hall–Kier alpha value is -4.74. The number of carbonyl (C=O) groups is 1. The minimum Gasteiger partial charge on any atom is -0.475 e. The van der Waals surface area contributed by atoms with Gasteiger partial charge in [-0.15, -0.1) is 11.3 Å². The van der Waals surface area contributed by atoms with E-state index in [1.54, 1.807) is 59.4 Å². The van der Waals surface area contributed by atoms with Crippen molar-refractivity contribution in [3.05, 3.63) is 112 Å². The quantitative estimate of drug-likeness (QED) is 0.289. The Morgan fingerprint density at radius 2 is 1.89 bits per heavy atom. The second-order valence-corrected chi connectivity index (χ2v) is 9.69. The van der Waals surface area contributed by atoms with Gasteiger partial charge in [-0.1, -0.05) is 28.9 Å². The average molecular weight is 547 g/mol. The lowest BCUT2D eigenvalue weighted by Crippen LogP contribution is -2.16. The fourth-order valence-corrected chi connectivity index (χ4v) is 4.70. The number of carboxylic acids is 1. The van der Waals surface area contributed by atoms with Crippen LogP contribution in [-0.4, -0.2) is 35.3 Å². The molecular formula is C26H19ClN6O4S. The van der Waals surface area contributed by atoms with E-state index in [4.69, 9.17) is 21.9 Å². The van der Waals surface area contributed by atoms with Gasteiger partial charge in [0.15, 0.2) is 5.76 Å². The number of hydrogen-bond acceptors (Lipinski definition) is 8. The number of imidazole rings is 1. The molecule has 0 aliphatic heterocycles. The van der Waals surface area contributed by atoms with Crippen LogP contribution in [0, 0.1) is 0 Å². The predicted molar refractivity (Wildman–Crippen MR) is 145 cm³/mol. The number of rotatable bonds is 5. The SMILES string of the molecule is Nc1ccc(-n2ccncc2=O)cc1.O=C(O)c1nc2ccccc2n1Cc1cc(-c2ccc(Cl)s2)on1. The number of aromatic nitrogens is 5. The van der Waals surface area contributed by atoms with Crippen LogP contribution < -0.4 is 11.3 Å². The zero-order chi connectivity index (χ0) is 26.6. The third-order valence-electron chi connectivity index (χ3n) is 5.44. The standard InChI is InChI=1S/C16H10ClN3O3S.C10H9N3O/c17-14-6-5-13(24-14)12-7-9(19-23-12)8-20-11-4-2-1-3-10(11)18-15(20)16(21)22;11-8-1-3-9(4-2-8)13-6-5-12-7-10(13)14/h1-7H,8H2,(H,21,22);1-7H,11H2. The van der Waals surface area contributed by atoms with E-state index in [1.807, 2.05) is 24.3 Å². The third kappa shape index (κ3) is 5.33. The first-order chi connectivity index (χ1) is 18.4. The smallest absolute Gasteiger partial charge is 0.372 e. The van der Waals surface area contributed by atoms with Gasteiger partial charge in [0.1, 0.15) is 5.69 Å². The van der Waals surface area contributed by atoms with Gasteiger partial charge in [-0.2, -0.15) is 0 Å². The van der Waals surface area contributed by atoms with Gasteiger partial charge in [-0.3, -0.25) is 14.3 Å². The van der Waals surface area contributed by atoms with Crippen LogP contribution in [0.2, 0.25) is 4.34 Å². The van der Waals surface area contributed by atoms with Crippen molar-refractivity contribution >= 4 is 45.6 Å². The van der Waals surface area contributed by atoms with E-state index in [0.29, 0.717) is 27.0 Å². The Morgan fingerprint density at radius 3 is 2.61 bits per heavy atom. The Bertz CT molecular complexity index is 1790. The first kappa shape index (κ1) is 24.9. The molecule has 0 saturated heterocycles. The number of nitrogens with two attached hydrogens (primary N) is 1. The van der Waals surface area contributed by atoms with Crippen molar-refractivity contribution in [2.24, 2.45) is 0 Å². The molecule has 0 amide bonds. The molecule has 6 aromatic rings. The van der Waals surface area contributed by atoms with Gasteiger partial charge in [-0.25, -0.2) is 9.78 Å². The fourth-order valence-electron chi connectivity index (χ4n) is 3.71. The van der Waals surface area contributed by atoms with Crippen molar-refractivity contribution in [2.45, 2.75) is 6.54 Å². The number of thiophene rings is 1. The second-order valence-electron chi connectivity index (χ2n) is 7.98. The summed E-state index contributed by atoms with van der Waals surface area (Å²) in [6.45, 7) is 0.255. The zero-order valence-electron chi connectivity index (χ0n) is 19.6. The van der Waals surface area contributed by atoms with Gasteiger partial charge in [0.25, 0.3) is 5.56 Å². The maximum atomic E-state index is 11.5. The number of fused-ring (bicyclic) bond motifs is 1. The summed E-state index contributed by atoms with van der Waals surface area (Å²) in [4.78, 5) is 31.6. The van der Waals surface area contributed by atoms with Crippen LogP contribution in [-0.2, 0) is 6.54 Å². The molecule has 0 saturated carbocycles. The molecule has 0 radical (unpaired) electrons. The van der Waals surface area contributed by atoms with Crippen molar-refractivity contribution in [2.75, 3.05) is 5.73 Å². The molecule has 0 aliphatic rings. The molecule has 2 aromatic carbocycles. The van der Waals surface area contributed by atoms with Crippen LogP contribution >= 0.6 is 22.9 Å². The molecule has 0 atom stereocenters. The number of hydrogen-bond donors (Lipinski definition) is 2. The number of nitrogen functional groups attached to an aromatic ring is 1. The second kappa shape index (κ2) is 10.7. The van der Waals surface area contributed by atoms with E-state index in [0.717, 1.165) is 16.1 Å². The first-order valence-corrected chi connectivity index (χ1v) is 12.4. The summed E-state index contributed by atoms with van der Waals surface area (Å²) in [5.74, 6) is -0.511. The summed E-state index contributed by atoms with van der Waals surface area (Å²) >= 11 is 7.32. The topological polar surface area (TPSA) is 142 Å².